The standard InChI is InChI=1S/C21H23N5O3/c1-12-16(13(2)24-23-12)7-6-15-10-21(27)26-20(22-15)11-17(25-26)14-5-8-18(28-3)19(9-14)29-4/h5,8-11,25H,6-7H2,1-4H3,(H,23,24). The minimum absolute atomic E-state index is 0.141. The Hall–Kier alpha value is -3.55. The molecule has 3 aromatic heterocycles. The minimum atomic E-state index is -0.141. The third-order valence-corrected chi connectivity index (χ3v) is 5.11. The van der Waals surface area contributed by atoms with Crippen molar-refractivity contribution >= 4 is 5.65 Å². The molecule has 0 saturated heterocycles. The molecular formula is C21H23N5O3. The lowest BCUT2D eigenvalue weighted by Gasteiger charge is -2.08. The van der Waals surface area contributed by atoms with Crippen LogP contribution in [-0.4, -0.2) is 39.0 Å². The van der Waals surface area contributed by atoms with Crippen LogP contribution in [-0.2, 0) is 12.8 Å². The van der Waals surface area contributed by atoms with Gasteiger partial charge in [0.05, 0.1) is 25.6 Å². The predicted octanol–water partition coefficient (Wildman–Crippen LogP) is 2.83. The summed E-state index contributed by atoms with van der Waals surface area (Å²) < 4.78 is 12.1. The number of nitrogens with zero attached hydrogens (tertiary/aromatic N) is 3. The van der Waals surface area contributed by atoms with Crippen molar-refractivity contribution in [3.63, 3.8) is 0 Å². The molecule has 0 unspecified atom stereocenters. The molecular weight excluding hydrogens is 370 g/mol. The molecule has 0 aliphatic rings. The first-order chi connectivity index (χ1) is 14.0. The second-order valence-electron chi connectivity index (χ2n) is 6.93. The van der Waals surface area contributed by atoms with Gasteiger partial charge in [0.1, 0.15) is 0 Å². The molecule has 0 amide bonds. The van der Waals surface area contributed by atoms with Crippen LogP contribution in [0.25, 0.3) is 16.9 Å². The van der Waals surface area contributed by atoms with Crippen molar-refractivity contribution in [1.29, 1.82) is 0 Å². The van der Waals surface area contributed by atoms with E-state index < -0.39 is 0 Å². The van der Waals surface area contributed by atoms with Gasteiger partial charge in [0.25, 0.3) is 5.56 Å². The number of methoxy groups -OCH3 is 2. The van der Waals surface area contributed by atoms with Crippen molar-refractivity contribution in [3.05, 3.63) is 63.3 Å². The van der Waals surface area contributed by atoms with Gasteiger partial charge in [-0.25, -0.2) is 9.50 Å². The molecule has 0 atom stereocenters. The van der Waals surface area contributed by atoms with Crippen LogP contribution >= 0.6 is 0 Å². The number of aromatic amines is 2. The van der Waals surface area contributed by atoms with Crippen LogP contribution in [0.1, 0.15) is 22.6 Å². The third-order valence-electron chi connectivity index (χ3n) is 5.11. The maximum Gasteiger partial charge on any atom is 0.272 e. The van der Waals surface area contributed by atoms with Gasteiger partial charge in [0, 0.05) is 29.1 Å². The van der Waals surface area contributed by atoms with Crippen LogP contribution in [0, 0.1) is 13.8 Å². The Morgan fingerprint density at radius 2 is 1.83 bits per heavy atom. The Bertz CT molecular complexity index is 1220. The molecule has 2 N–H and O–H groups in total. The normalized spacial score (nSPS) is 11.2. The molecule has 0 saturated carbocycles. The first-order valence-electron chi connectivity index (χ1n) is 9.34. The molecule has 1 aromatic carbocycles. The molecule has 0 aliphatic carbocycles. The quantitative estimate of drug-likeness (QED) is 0.525. The van der Waals surface area contributed by atoms with Gasteiger partial charge in [-0.2, -0.15) is 5.10 Å². The number of nitrogens with one attached hydrogen (secondary N) is 2. The van der Waals surface area contributed by atoms with Crippen molar-refractivity contribution in [1.82, 2.24) is 24.8 Å². The molecule has 0 radical (unpaired) electrons. The summed E-state index contributed by atoms with van der Waals surface area (Å²) in [6.45, 7) is 3.98. The van der Waals surface area contributed by atoms with E-state index in [1.54, 1.807) is 20.3 Å². The Morgan fingerprint density at radius 1 is 1.03 bits per heavy atom. The number of hydrogen-bond donors (Lipinski definition) is 2. The lowest BCUT2D eigenvalue weighted by Crippen LogP contribution is -2.15. The Labute approximate surface area is 167 Å². The molecule has 8 heteroatoms. The third kappa shape index (κ3) is 3.49. The van der Waals surface area contributed by atoms with Crippen molar-refractivity contribution in [2.24, 2.45) is 0 Å². The average molecular weight is 393 g/mol. The van der Waals surface area contributed by atoms with Crippen LogP contribution in [0.2, 0.25) is 0 Å². The molecule has 0 fully saturated rings. The topological polar surface area (TPSA) is 97.3 Å². The minimum Gasteiger partial charge on any atom is -0.493 e. The number of benzene rings is 1. The molecule has 0 bridgehead atoms. The van der Waals surface area contributed by atoms with Crippen LogP contribution < -0.4 is 15.0 Å². The Morgan fingerprint density at radius 3 is 2.52 bits per heavy atom. The van der Waals surface area contributed by atoms with E-state index in [0.29, 0.717) is 23.6 Å². The van der Waals surface area contributed by atoms with Gasteiger partial charge in [-0.1, -0.05) is 0 Å². The number of hydrogen-bond acceptors (Lipinski definition) is 5. The molecule has 150 valence electrons. The second kappa shape index (κ2) is 7.46. The van der Waals surface area contributed by atoms with Gasteiger partial charge in [0.2, 0.25) is 0 Å². The summed E-state index contributed by atoms with van der Waals surface area (Å²) in [7, 11) is 3.19. The summed E-state index contributed by atoms with van der Waals surface area (Å²) >= 11 is 0. The number of aryl methyl sites for hydroxylation is 3. The fourth-order valence-electron chi connectivity index (χ4n) is 3.52. The molecule has 0 spiro atoms. The molecule has 4 aromatic rings. The molecule has 4 rings (SSSR count). The van der Waals surface area contributed by atoms with E-state index >= 15 is 0 Å². The van der Waals surface area contributed by atoms with E-state index in [4.69, 9.17) is 9.47 Å². The van der Waals surface area contributed by atoms with Crippen molar-refractivity contribution < 1.29 is 9.47 Å². The summed E-state index contributed by atoms with van der Waals surface area (Å²) in [5, 5.41) is 10.3. The summed E-state index contributed by atoms with van der Waals surface area (Å²) in [5.74, 6) is 1.27. The van der Waals surface area contributed by atoms with Gasteiger partial charge >= 0.3 is 0 Å². The second-order valence-corrected chi connectivity index (χ2v) is 6.93. The first-order valence-corrected chi connectivity index (χ1v) is 9.34. The number of aromatic nitrogens is 5. The summed E-state index contributed by atoms with van der Waals surface area (Å²) in [5.41, 5.74) is 6.05. The number of fused-ring (bicyclic) bond motifs is 1. The number of rotatable bonds is 6. The largest absolute Gasteiger partial charge is 0.493 e. The van der Waals surface area contributed by atoms with Crippen molar-refractivity contribution in [2.75, 3.05) is 14.2 Å². The Balaban J connectivity index is 1.66. The van der Waals surface area contributed by atoms with Crippen LogP contribution in [0.15, 0.2) is 35.1 Å². The van der Waals surface area contributed by atoms with Crippen molar-refractivity contribution in [2.45, 2.75) is 26.7 Å². The van der Waals surface area contributed by atoms with Gasteiger partial charge in [0.15, 0.2) is 17.1 Å². The van der Waals surface area contributed by atoms with Gasteiger partial charge in [-0.3, -0.25) is 15.0 Å². The summed E-state index contributed by atoms with van der Waals surface area (Å²) in [6, 6.07) is 9.03. The van der Waals surface area contributed by atoms with E-state index in [1.807, 2.05) is 38.1 Å². The maximum atomic E-state index is 12.6. The molecule has 8 nitrogen and oxygen atoms in total. The zero-order valence-electron chi connectivity index (χ0n) is 16.9. The monoisotopic (exact) mass is 393 g/mol. The van der Waals surface area contributed by atoms with Crippen LogP contribution in [0.3, 0.4) is 0 Å². The van der Waals surface area contributed by atoms with E-state index in [9.17, 15) is 4.79 Å². The highest BCUT2D eigenvalue weighted by Gasteiger charge is 2.12. The highest BCUT2D eigenvalue weighted by molar-refractivity contribution is 5.67. The van der Waals surface area contributed by atoms with Crippen LogP contribution in [0.5, 0.6) is 11.5 Å². The number of ether oxygens (including phenoxy) is 2. The van der Waals surface area contributed by atoms with Gasteiger partial charge < -0.3 is 9.47 Å². The summed E-state index contributed by atoms with van der Waals surface area (Å²) in [4.78, 5) is 17.3. The highest BCUT2D eigenvalue weighted by Crippen LogP contribution is 2.31. The average Bonchev–Trinajstić information content (AvgIpc) is 3.29. The molecule has 29 heavy (non-hydrogen) atoms. The van der Waals surface area contributed by atoms with Gasteiger partial charge in [-0.05, 0) is 50.5 Å². The highest BCUT2D eigenvalue weighted by atomic mass is 16.5. The first kappa shape index (κ1) is 18.8. The molecule has 0 aliphatic heterocycles. The van der Waals surface area contributed by atoms with E-state index in [2.05, 4.69) is 20.3 Å². The van der Waals surface area contributed by atoms with Gasteiger partial charge in [-0.15, -0.1) is 0 Å². The zero-order chi connectivity index (χ0) is 20.5. The zero-order valence-corrected chi connectivity index (χ0v) is 16.9. The maximum absolute atomic E-state index is 12.6. The Kier molecular flexibility index (Phi) is 4.84. The fraction of sp³-hybridized carbons (Fsp3) is 0.286. The predicted molar refractivity (Wildman–Crippen MR) is 110 cm³/mol. The lowest BCUT2D eigenvalue weighted by atomic mass is 10.1. The van der Waals surface area contributed by atoms with E-state index in [1.165, 1.54) is 10.1 Å². The van der Waals surface area contributed by atoms with E-state index in [-0.39, 0.29) is 5.56 Å². The van der Waals surface area contributed by atoms with Crippen molar-refractivity contribution in [3.8, 4) is 22.8 Å². The fourth-order valence-corrected chi connectivity index (χ4v) is 3.52. The van der Waals surface area contributed by atoms with E-state index in [0.717, 1.165) is 34.8 Å². The smallest absolute Gasteiger partial charge is 0.272 e. The summed E-state index contributed by atoms with van der Waals surface area (Å²) in [6.07, 6.45) is 1.45. The SMILES string of the molecule is COc1ccc(-c2cc3nc(CCc4c(C)n[nH]c4C)cc(=O)n3[nH]2)cc1OC. The molecule has 3 heterocycles. The number of H-pyrrole nitrogens is 2. The lowest BCUT2D eigenvalue weighted by molar-refractivity contribution is 0.355. The van der Waals surface area contributed by atoms with Crippen LogP contribution in [0.4, 0.5) is 0 Å².